The van der Waals surface area contributed by atoms with E-state index in [1.54, 1.807) is 18.6 Å². The minimum atomic E-state index is 0.669. The van der Waals surface area contributed by atoms with Gasteiger partial charge in [-0.05, 0) is 6.42 Å². The molecule has 0 radical (unpaired) electrons. The molecule has 1 fully saturated rings. The molecule has 0 bridgehead atoms. The fraction of sp³-hybridized carbons (Fsp3) is 0.467. The average molecular weight is 284 g/mol. The number of piperazine rings is 1. The molecule has 6 heteroatoms. The van der Waals surface area contributed by atoms with Gasteiger partial charge in [0.25, 0.3) is 0 Å². The Morgan fingerprint density at radius 3 is 2.76 bits per heavy atom. The average Bonchev–Trinajstić information content (AvgIpc) is 2.56. The highest BCUT2D eigenvalue weighted by molar-refractivity contribution is 5.53. The van der Waals surface area contributed by atoms with E-state index in [9.17, 15) is 0 Å². The molecule has 2 aromatic heterocycles. The lowest BCUT2D eigenvalue weighted by atomic mass is 10.2. The highest BCUT2D eigenvalue weighted by Crippen LogP contribution is 2.19. The van der Waals surface area contributed by atoms with Crippen molar-refractivity contribution < 1.29 is 0 Å². The van der Waals surface area contributed by atoms with Crippen molar-refractivity contribution in [2.24, 2.45) is 0 Å². The third-order valence-corrected chi connectivity index (χ3v) is 3.51. The van der Waals surface area contributed by atoms with Gasteiger partial charge in [-0.25, -0.2) is 15.0 Å². The summed E-state index contributed by atoms with van der Waals surface area (Å²) in [7, 11) is 0. The molecule has 0 aliphatic carbocycles. The van der Waals surface area contributed by atoms with E-state index in [2.05, 4.69) is 38.2 Å². The molecule has 0 unspecified atom stereocenters. The van der Waals surface area contributed by atoms with Gasteiger partial charge in [-0.1, -0.05) is 13.3 Å². The lowest BCUT2D eigenvalue weighted by Crippen LogP contribution is -2.44. The molecule has 1 aliphatic rings. The van der Waals surface area contributed by atoms with Crippen LogP contribution in [0.25, 0.3) is 11.5 Å². The number of hydrogen-bond donors (Lipinski definition) is 1. The molecule has 3 rings (SSSR count). The summed E-state index contributed by atoms with van der Waals surface area (Å²) >= 11 is 0. The van der Waals surface area contributed by atoms with Crippen LogP contribution in [0.2, 0.25) is 0 Å². The molecule has 1 saturated heterocycles. The predicted octanol–water partition coefficient (Wildman–Crippen LogP) is 1.30. The van der Waals surface area contributed by atoms with E-state index < -0.39 is 0 Å². The largest absolute Gasteiger partial charge is 0.354 e. The zero-order chi connectivity index (χ0) is 14.5. The summed E-state index contributed by atoms with van der Waals surface area (Å²) in [6.07, 6.45) is 7.08. The number of aryl methyl sites for hydroxylation is 1. The Morgan fingerprint density at radius 1 is 1.19 bits per heavy atom. The lowest BCUT2D eigenvalue weighted by Gasteiger charge is -2.28. The molecule has 0 spiro atoms. The first-order chi connectivity index (χ1) is 10.4. The van der Waals surface area contributed by atoms with E-state index in [0.717, 1.165) is 56.2 Å². The van der Waals surface area contributed by atoms with Crippen molar-refractivity contribution in [1.29, 1.82) is 0 Å². The topological polar surface area (TPSA) is 66.8 Å². The number of nitrogens with one attached hydrogen (secondary N) is 1. The molecule has 21 heavy (non-hydrogen) atoms. The van der Waals surface area contributed by atoms with Gasteiger partial charge in [-0.2, -0.15) is 0 Å². The summed E-state index contributed by atoms with van der Waals surface area (Å²) in [5.74, 6) is 1.66. The highest BCUT2D eigenvalue weighted by atomic mass is 15.2. The van der Waals surface area contributed by atoms with Gasteiger partial charge in [-0.3, -0.25) is 4.98 Å². The first-order valence-electron chi connectivity index (χ1n) is 7.47. The first-order valence-corrected chi connectivity index (χ1v) is 7.47. The normalized spacial score (nSPS) is 15.2. The summed E-state index contributed by atoms with van der Waals surface area (Å²) in [5.41, 5.74) is 1.80. The monoisotopic (exact) mass is 284 g/mol. The van der Waals surface area contributed by atoms with Gasteiger partial charge < -0.3 is 10.2 Å². The summed E-state index contributed by atoms with van der Waals surface area (Å²) < 4.78 is 0. The van der Waals surface area contributed by atoms with Crippen LogP contribution in [0.4, 0.5) is 5.82 Å². The van der Waals surface area contributed by atoms with Crippen molar-refractivity contribution in [3.63, 3.8) is 0 Å². The highest BCUT2D eigenvalue weighted by Gasteiger charge is 2.15. The van der Waals surface area contributed by atoms with Crippen LogP contribution in [0.5, 0.6) is 0 Å². The van der Waals surface area contributed by atoms with Gasteiger partial charge in [0, 0.05) is 50.3 Å². The molecular formula is C15H20N6. The number of aromatic nitrogens is 4. The first kappa shape index (κ1) is 13.9. The van der Waals surface area contributed by atoms with Crippen LogP contribution in [0.1, 0.15) is 19.0 Å². The third kappa shape index (κ3) is 3.33. The number of anilines is 1. The van der Waals surface area contributed by atoms with E-state index in [0.29, 0.717) is 5.82 Å². The minimum absolute atomic E-state index is 0.669. The van der Waals surface area contributed by atoms with Gasteiger partial charge in [0.15, 0.2) is 5.82 Å². The Labute approximate surface area is 124 Å². The van der Waals surface area contributed by atoms with Crippen LogP contribution in [0, 0.1) is 0 Å². The van der Waals surface area contributed by atoms with Crippen molar-refractivity contribution in [3.8, 4) is 11.5 Å². The van der Waals surface area contributed by atoms with Crippen LogP contribution >= 0.6 is 0 Å². The SMILES string of the molecule is CCCc1cc(N2CCNCC2)nc(-c2cnccn2)n1. The van der Waals surface area contributed by atoms with E-state index in [1.165, 1.54) is 0 Å². The zero-order valence-corrected chi connectivity index (χ0v) is 12.3. The Bertz CT molecular complexity index is 580. The molecular weight excluding hydrogens is 264 g/mol. The summed E-state index contributed by atoms with van der Waals surface area (Å²) in [5, 5.41) is 3.36. The maximum atomic E-state index is 4.69. The van der Waals surface area contributed by atoms with Crippen molar-refractivity contribution in [2.45, 2.75) is 19.8 Å². The van der Waals surface area contributed by atoms with Crippen molar-refractivity contribution in [3.05, 3.63) is 30.4 Å². The maximum Gasteiger partial charge on any atom is 0.182 e. The van der Waals surface area contributed by atoms with Crippen LogP contribution in [-0.2, 0) is 6.42 Å². The van der Waals surface area contributed by atoms with Gasteiger partial charge in [-0.15, -0.1) is 0 Å². The summed E-state index contributed by atoms with van der Waals surface area (Å²) in [6, 6.07) is 2.11. The van der Waals surface area contributed by atoms with Crippen molar-refractivity contribution >= 4 is 5.82 Å². The zero-order valence-electron chi connectivity index (χ0n) is 12.3. The van der Waals surface area contributed by atoms with E-state index in [-0.39, 0.29) is 0 Å². The fourth-order valence-corrected chi connectivity index (χ4v) is 2.45. The van der Waals surface area contributed by atoms with Crippen molar-refractivity contribution in [2.75, 3.05) is 31.1 Å². The van der Waals surface area contributed by atoms with Gasteiger partial charge in [0.1, 0.15) is 11.5 Å². The molecule has 0 aromatic carbocycles. The van der Waals surface area contributed by atoms with Crippen LogP contribution in [-0.4, -0.2) is 46.1 Å². The number of hydrogen-bond acceptors (Lipinski definition) is 6. The second-order valence-corrected chi connectivity index (χ2v) is 5.12. The van der Waals surface area contributed by atoms with Gasteiger partial charge >= 0.3 is 0 Å². The molecule has 110 valence electrons. The maximum absolute atomic E-state index is 4.69. The molecule has 1 aliphatic heterocycles. The van der Waals surface area contributed by atoms with Gasteiger partial charge in [0.2, 0.25) is 0 Å². The Hall–Kier alpha value is -2.08. The standard InChI is InChI=1S/C15H20N6/c1-2-3-12-10-14(21-8-6-16-7-9-21)20-15(19-12)13-11-17-4-5-18-13/h4-5,10-11,16H,2-3,6-9H2,1H3. The number of nitrogens with zero attached hydrogens (tertiary/aromatic N) is 5. The molecule has 2 aromatic rings. The molecule has 3 heterocycles. The van der Waals surface area contributed by atoms with Crippen LogP contribution < -0.4 is 10.2 Å². The Morgan fingerprint density at radius 2 is 2.05 bits per heavy atom. The predicted molar refractivity (Wildman–Crippen MR) is 82.1 cm³/mol. The molecule has 0 amide bonds. The van der Waals surface area contributed by atoms with E-state index >= 15 is 0 Å². The van der Waals surface area contributed by atoms with Crippen LogP contribution in [0.15, 0.2) is 24.7 Å². The third-order valence-electron chi connectivity index (χ3n) is 3.51. The second-order valence-electron chi connectivity index (χ2n) is 5.12. The second kappa shape index (κ2) is 6.58. The molecule has 0 atom stereocenters. The minimum Gasteiger partial charge on any atom is -0.354 e. The van der Waals surface area contributed by atoms with E-state index in [4.69, 9.17) is 4.98 Å². The number of rotatable bonds is 4. The molecule has 6 nitrogen and oxygen atoms in total. The Balaban J connectivity index is 1.97. The smallest absolute Gasteiger partial charge is 0.182 e. The van der Waals surface area contributed by atoms with Crippen LogP contribution in [0.3, 0.4) is 0 Å². The molecule has 0 saturated carbocycles. The van der Waals surface area contributed by atoms with E-state index in [1.807, 2.05) is 0 Å². The molecule has 1 N–H and O–H groups in total. The summed E-state index contributed by atoms with van der Waals surface area (Å²) in [6.45, 7) is 6.10. The lowest BCUT2D eigenvalue weighted by molar-refractivity contribution is 0.584. The fourth-order valence-electron chi connectivity index (χ4n) is 2.45. The van der Waals surface area contributed by atoms with Gasteiger partial charge in [0.05, 0.1) is 6.20 Å². The summed E-state index contributed by atoms with van der Waals surface area (Å²) in [4.78, 5) is 20.1. The van der Waals surface area contributed by atoms with Crippen molar-refractivity contribution in [1.82, 2.24) is 25.3 Å². The Kier molecular flexibility index (Phi) is 4.35. The quantitative estimate of drug-likeness (QED) is 0.912.